The summed E-state index contributed by atoms with van der Waals surface area (Å²) < 4.78 is 0. The molecule has 3 aliphatic rings. The molecule has 3 aliphatic heterocycles. The summed E-state index contributed by atoms with van der Waals surface area (Å²) in [7, 11) is 0. The molecule has 2 fully saturated rings. The van der Waals surface area contributed by atoms with E-state index in [0.29, 0.717) is 12.6 Å². The van der Waals surface area contributed by atoms with Crippen molar-refractivity contribution in [1.82, 2.24) is 15.6 Å². The third-order valence-electron chi connectivity index (χ3n) is 6.60. The van der Waals surface area contributed by atoms with Crippen LogP contribution >= 0.6 is 36.2 Å². The summed E-state index contributed by atoms with van der Waals surface area (Å²) in [5.74, 6) is 0.211. The lowest BCUT2D eigenvalue weighted by Crippen LogP contribution is -2.51. The Bertz CT molecular complexity index is 834. The molecule has 0 radical (unpaired) electrons. The van der Waals surface area contributed by atoms with Gasteiger partial charge in [0.15, 0.2) is 0 Å². The van der Waals surface area contributed by atoms with Crippen molar-refractivity contribution in [2.45, 2.75) is 44.2 Å². The first-order valence-electron chi connectivity index (χ1n) is 9.99. The molecule has 0 spiro atoms. The molecule has 0 aliphatic carbocycles. The zero-order chi connectivity index (χ0) is 18.3. The summed E-state index contributed by atoms with van der Waals surface area (Å²) in [5, 5.41) is 9.02. The van der Waals surface area contributed by atoms with Gasteiger partial charge in [0.05, 0.1) is 16.6 Å². The highest BCUT2D eigenvalue weighted by Crippen LogP contribution is 2.45. The van der Waals surface area contributed by atoms with E-state index in [1.807, 2.05) is 5.51 Å². The molecule has 1 aromatic carbocycles. The molecular formula is C21H28Cl2N4OS. The lowest BCUT2D eigenvalue weighted by Gasteiger charge is -2.35. The van der Waals surface area contributed by atoms with Crippen molar-refractivity contribution >= 4 is 47.7 Å². The second kappa shape index (κ2) is 9.21. The summed E-state index contributed by atoms with van der Waals surface area (Å²) >= 11 is 1.61. The number of halogens is 2. The first-order valence-corrected chi connectivity index (χ1v) is 10.9. The van der Waals surface area contributed by atoms with Crippen LogP contribution in [0.4, 0.5) is 5.69 Å². The summed E-state index contributed by atoms with van der Waals surface area (Å²) in [5.41, 5.74) is 5.33. The Morgan fingerprint density at radius 2 is 2.17 bits per heavy atom. The minimum atomic E-state index is -0.333. The molecule has 0 unspecified atom stereocenters. The van der Waals surface area contributed by atoms with Crippen LogP contribution in [0.2, 0.25) is 0 Å². The van der Waals surface area contributed by atoms with Crippen LogP contribution in [0.25, 0.3) is 0 Å². The molecule has 5 rings (SSSR count). The number of amides is 1. The van der Waals surface area contributed by atoms with Crippen molar-refractivity contribution in [3.05, 3.63) is 46.4 Å². The van der Waals surface area contributed by atoms with Gasteiger partial charge in [-0.2, -0.15) is 0 Å². The molecule has 29 heavy (non-hydrogen) atoms. The fourth-order valence-corrected chi connectivity index (χ4v) is 5.85. The van der Waals surface area contributed by atoms with Gasteiger partial charge in [-0.05, 0) is 37.3 Å². The van der Waals surface area contributed by atoms with Crippen LogP contribution in [0.5, 0.6) is 0 Å². The Morgan fingerprint density at radius 3 is 2.90 bits per heavy atom. The second-order valence-electron chi connectivity index (χ2n) is 8.13. The molecule has 8 heteroatoms. The maximum atomic E-state index is 13.3. The topological polar surface area (TPSA) is 57.3 Å². The largest absolute Gasteiger partial charge is 0.369 e. The van der Waals surface area contributed by atoms with E-state index < -0.39 is 0 Å². The van der Waals surface area contributed by atoms with E-state index in [-0.39, 0.29) is 42.2 Å². The van der Waals surface area contributed by atoms with Gasteiger partial charge < -0.3 is 15.5 Å². The number of nitrogens with one attached hydrogen (secondary N) is 2. The molecule has 0 saturated carbocycles. The third-order valence-corrected chi connectivity index (χ3v) is 7.24. The van der Waals surface area contributed by atoms with Gasteiger partial charge in [0.25, 0.3) is 0 Å². The molecule has 5 nitrogen and oxygen atoms in total. The van der Waals surface area contributed by atoms with Crippen molar-refractivity contribution in [2.24, 2.45) is 5.41 Å². The number of para-hydroxylation sites is 1. The van der Waals surface area contributed by atoms with Crippen molar-refractivity contribution in [3.8, 4) is 0 Å². The highest BCUT2D eigenvalue weighted by atomic mass is 35.5. The highest BCUT2D eigenvalue weighted by Gasteiger charge is 2.55. The van der Waals surface area contributed by atoms with Gasteiger partial charge >= 0.3 is 0 Å². The average Bonchev–Trinajstić information content (AvgIpc) is 3.46. The number of benzene rings is 1. The summed E-state index contributed by atoms with van der Waals surface area (Å²) in [4.78, 5) is 20.2. The Kier molecular flexibility index (Phi) is 7.10. The van der Waals surface area contributed by atoms with Crippen molar-refractivity contribution in [2.75, 3.05) is 24.5 Å². The van der Waals surface area contributed by atoms with E-state index in [1.54, 1.807) is 11.3 Å². The van der Waals surface area contributed by atoms with Gasteiger partial charge in [-0.3, -0.25) is 4.79 Å². The quantitative estimate of drug-likeness (QED) is 0.703. The Morgan fingerprint density at radius 1 is 1.31 bits per heavy atom. The maximum absolute atomic E-state index is 13.3. The number of hydrogen-bond acceptors (Lipinski definition) is 5. The summed E-state index contributed by atoms with van der Waals surface area (Å²) in [6, 6.07) is 9.38. The van der Waals surface area contributed by atoms with Crippen LogP contribution in [0.1, 0.15) is 30.5 Å². The van der Waals surface area contributed by atoms with Crippen molar-refractivity contribution < 1.29 is 4.79 Å². The minimum absolute atomic E-state index is 0. The number of fused-ring (bicyclic) bond motifs is 3. The van der Waals surface area contributed by atoms with Crippen molar-refractivity contribution in [1.29, 1.82) is 0 Å². The Hall–Kier alpha value is -1.34. The monoisotopic (exact) mass is 454 g/mol. The van der Waals surface area contributed by atoms with Gasteiger partial charge in [-0.25, -0.2) is 4.98 Å². The maximum Gasteiger partial charge on any atom is 0.228 e. The number of aromatic nitrogens is 1. The molecule has 2 bridgehead atoms. The third kappa shape index (κ3) is 4.13. The normalized spacial score (nSPS) is 26.6. The molecule has 1 aromatic heterocycles. The number of thiazole rings is 1. The molecule has 4 heterocycles. The number of anilines is 1. The molecule has 3 atom stereocenters. The molecule has 2 aromatic rings. The fourth-order valence-electron chi connectivity index (χ4n) is 5.29. The molecule has 1 amide bonds. The average molecular weight is 455 g/mol. The number of hydrogen-bond donors (Lipinski definition) is 2. The number of carbonyl (C=O) groups excluding carboxylic acids is 1. The van der Waals surface area contributed by atoms with E-state index in [0.717, 1.165) is 44.5 Å². The SMILES string of the molecule is Cl.Cl.O=C(NCCN1CCc2ccccc21)[C@]1(Cc2cscn2)C[C@@H]2CC[C@H]1N2. The Labute approximate surface area is 188 Å². The smallest absolute Gasteiger partial charge is 0.228 e. The van der Waals surface area contributed by atoms with Crippen LogP contribution in [0.15, 0.2) is 35.2 Å². The lowest BCUT2D eigenvalue weighted by atomic mass is 9.70. The van der Waals surface area contributed by atoms with E-state index >= 15 is 0 Å². The number of carbonyl (C=O) groups is 1. The van der Waals surface area contributed by atoms with Gasteiger partial charge in [0, 0.05) is 49.2 Å². The van der Waals surface area contributed by atoms with Crippen LogP contribution in [0, 0.1) is 5.41 Å². The van der Waals surface area contributed by atoms with E-state index in [2.05, 4.69) is 50.2 Å². The molecule has 2 saturated heterocycles. The van der Waals surface area contributed by atoms with Crippen LogP contribution in [0.3, 0.4) is 0 Å². The second-order valence-corrected chi connectivity index (χ2v) is 8.85. The van der Waals surface area contributed by atoms with Gasteiger partial charge in [-0.15, -0.1) is 36.2 Å². The molecule has 158 valence electrons. The van der Waals surface area contributed by atoms with Crippen LogP contribution in [-0.4, -0.2) is 42.6 Å². The van der Waals surface area contributed by atoms with E-state index in [4.69, 9.17) is 0 Å². The zero-order valence-corrected chi connectivity index (χ0v) is 18.8. The summed E-state index contributed by atoms with van der Waals surface area (Å²) in [6.45, 7) is 2.62. The number of nitrogens with zero attached hydrogens (tertiary/aromatic N) is 2. The van der Waals surface area contributed by atoms with Crippen LogP contribution in [-0.2, 0) is 17.6 Å². The highest BCUT2D eigenvalue weighted by molar-refractivity contribution is 7.07. The number of rotatable bonds is 6. The molecule has 2 N–H and O–H groups in total. The Balaban J connectivity index is 0.00000120. The standard InChI is InChI=1S/C21H26N4OS.2ClH/c26-20(22-8-10-25-9-7-15-3-1-2-4-18(15)25)21(12-17-13-27-14-23-17)11-16-5-6-19(21)24-16;;/h1-4,13-14,16,19,24H,5-12H2,(H,22,26);2*1H/t16-,19+,21-;;/m0../s1. The van der Waals surface area contributed by atoms with Gasteiger partial charge in [0.1, 0.15) is 0 Å². The first kappa shape index (κ1) is 22.3. The van der Waals surface area contributed by atoms with Gasteiger partial charge in [0.2, 0.25) is 5.91 Å². The fraction of sp³-hybridized carbons (Fsp3) is 0.524. The van der Waals surface area contributed by atoms with Gasteiger partial charge in [-0.1, -0.05) is 18.2 Å². The summed E-state index contributed by atoms with van der Waals surface area (Å²) in [6.07, 6.45) is 5.09. The molecular weight excluding hydrogens is 427 g/mol. The first-order chi connectivity index (χ1) is 13.2. The predicted octanol–water partition coefficient (Wildman–Crippen LogP) is 3.22. The zero-order valence-electron chi connectivity index (χ0n) is 16.3. The minimum Gasteiger partial charge on any atom is -0.369 e. The predicted molar refractivity (Wildman–Crippen MR) is 123 cm³/mol. The lowest BCUT2D eigenvalue weighted by molar-refractivity contribution is -0.132. The van der Waals surface area contributed by atoms with E-state index in [9.17, 15) is 4.79 Å². The van der Waals surface area contributed by atoms with Crippen molar-refractivity contribution in [3.63, 3.8) is 0 Å². The van der Waals surface area contributed by atoms with Crippen LogP contribution < -0.4 is 15.5 Å². The van der Waals surface area contributed by atoms with E-state index in [1.165, 1.54) is 17.7 Å².